The van der Waals surface area contributed by atoms with Crippen LogP contribution in [0.25, 0.3) is 88.4 Å². The van der Waals surface area contributed by atoms with Crippen LogP contribution in [0.5, 0.6) is 0 Å². The number of hydrogen-bond donors (Lipinski definition) is 0. The zero-order valence-corrected chi connectivity index (χ0v) is 60.1. The van der Waals surface area contributed by atoms with Crippen molar-refractivity contribution in [1.29, 1.82) is 0 Å². The molecule has 4 heteroatoms. The lowest BCUT2D eigenvalue weighted by molar-refractivity contribution is 0.125. The molecule has 13 aromatic carbocycles. The van der Waals surface area contributed by atoms with E-state index in [2.05, 4.69) is 360 Å². The molecular formula is C98H80N2O2. The zero-order chi connectivity index (χ0) is 69.3. The predicted octanol–water partition coefficient (Wildman–Crippen LogP) is 26.3. The van der Waals surface area contributed by atoms with Crippen molar-refractivity contribution in [2.75, 3.05) is 9.80 Å². The molecule has 2 aromatic heterocycles. The van der Waals surface area contributed by atoms with Crippen LogP contribution in [0, 0.1) is 10.8 Å². The molecule has 0 radical (unpaired) electrons. The second kappa shape index (κ2) is 19.6. The van der Waals surface area contributed by atoms with E-state index in [0.717, 1.165) is 78.0 Å². The number of rotatable bonds is 6. The summed E-state index contributed by atoms with van der Waals surface area (Å²) in [6.45, 7) is 29.4. The third kappa shape index (κ3) is 6.87. The summed E-state index contributed by atoms with van der Waals surface area (Å²) >= 11 is 0. The van der Waals surface area contributed by atoms with Gasteiger partial charge in [0.2, 0.25) is 0 Å². The SMILES string of the molecule is CC1(C)c2ccc(N(c3ccccc3)c3cc4c(c5c3oc3ccccc35)-c3cc5c(cc3C43c4ccccc4-c4ccccc43)-c3c(cc(N(c4ccccc4)c4ccc6c(c4)C(C)(C)C(C)(C)C6(C)C)c4oc6ccccc6c34)C53c4ccccc4-c4ccccc43)cc2C(C)(C)C1(C)C. The average molecular weight is 1320 g/mol. The standard InChI is InChI=1S/C98H80N2O2/c1-91(2)73-49-47-59(51-77(73)93(5,6)95(91,9)10)99(57-31-15-13-16-32-57)81-55-79-85(87-65-39-23-29-45-83(65)101-89(81)87)67-53-76-68(54-75(67)97(79)69-41-25-19-35-61(69)62-36-20-26-42-70(62)97)86-80(98(76)71-43-27-21-37-63(71)64-38-22-28-44-72(64)98)56-82(90-88(86)66-40-24-30-46-84(66)102-90)100(58-33-17-14-18-34-58)60-48-50-74-78(52-60)94(7,8)96(11,12)92(74,3)4/h13-56H,1-12H3. The van der Waals surface area contributed by atoms with Gasteiger partial charge in [0, 0.05) is 44.3 Å². The van der Waals surface area contributed by atoms with E-state index in [1.54, 1.807) is 0 Å². The Balaban J connectivity index is 0.920. The molecule has 0 atom stereocenters. The fourth-order valence-corrected chi connectivity index (χ4v) is 21.2. The van der Waals surface area contributed by atoms with Gasteiger partial charge in [-0.1, -0.05) is 265 Å². The van der Waals surface area contributed by atoms with Gasteiger partial charge >= 0.3 is 0 Å². The van der Waals surface area contributed by atoms with Crippen LogP contribution in [0.1, 0.15) is 150 Å². The van der Waals surface area contributed by atoms with Gasteiger partial charge in [-0.3, -0.25) is 0 Å². The molecule has 15 aromatic rings. The van der Waals surface area contributed by atoms with Crippen LogP contribution in [0.4, 0.5) is 34.1 Å². The predicted molar refractivity (Wildman–Crippen MR) is 423 cm³/mol. The van der Waals surface area contributed by atoms with Crippen molar-refractivity contribution >= 4 is 78.0 Å². The Morgan fingerprint density at radius 2 is 0.549 bits per heavy atom. The Kier molecular flexibility index (Phi) is 11.5. The lowest BCUT2D eigenvalue weighted by Crippen LogP contribution is -2.42. The van der Waals surface area contributed by atoms with Crippen molar-refractivity contribution < 1.29 is 8.83 Å². The maximum Gasteiger partial charge on any atom is 0.160 e. The number of anilines is 6. The number of para-hydroxylation sites is 4. The third-order valence-corrected chi connectivity index (χ3v) is 28.5. The quantitative estimate of drug-likeness (QED) is 0.166. The van der Waals surface area contributed by atoms with Gasteiger partial charge in [-0.2, -0.15) is 0 Å². The maximum atomic E-state index is 7.66. The maximum absolute atomic E-state index is 7.66. The Bertz CT molecular complexity index is 5750. The molecule has 0 saturated carbocycles. The van der Waals surface area contributed by atoms with Crippen molar-refractivity contribution in [1.82, 2.24) is 0 Å². The van der Waals surface area contributed by atoms with E-state index in [-0.39, 0.29) is 32.5 Å². The van der Waals surface area contributed by atoms with Gasteiger partial charge < -0.3 is 18.6 Å². The molecule has 0 saturated heterocycles. The molecule has 6 aliphatic rings. The van der Waals surface area contributed by atoms with Crippen molar-refractivity contribution in [3.8, 4) is 44.5 Å². The largest absolute Gasteiger partial charge is 0.454 e. The highest BCUT2D eigenvalue weighted by Crippen LogP contribution is 2.72. The van der Waals surface area contributed by atoms with Crippen molar-refractivity contribution in [2.24, 2.45) is 10.8 Å². The third-order valence-electron chi connectivity index (χ3n) is 28.5. The van der Waals surface area contributed by atoms with E-state index < -0.39 is 10.8 Å². The van der Waals surface area contributed by atoms with Crippen molar-refractivity contribution in [2.45, 2.75) is 116 Å². The van der Waals surface area contributed by atoms with Gasteiger partial charge in [-0.15, -0.1) is 0 Å². The van der Waals surface area contributed by atoms with E-state index >= 15 is 0 Å². The summed E-state index contributed by atoms with van der Waals surface area (Å²) in [4.78, 5) is 5.03. The highest BCUT2D eigenvalue weighted by Gasteiger charge is 2.61. The Hall–Kier alpha value is -10.9. The smallest absolute Gasteiger partial charge is 0.160 e. The summed E-state index contributed by atoms with van der Waals surface area (Å²) < 4.78 is 15.3. The summed E-state index contributed by atoms with van der Waals surface area (Å²) in [6.07, 6.45) is 0. The van der Waals surface area contributed by atoms with Crippen LogP contribution in [0.2, 0.25) is 0 Å². The molecule has 0 fully saturated rings. The fraction of sp³-hybridized carbons (Fsp3) is 0.204. The molecule has 102 heavy (non-hydrogen) atoms. The minimum atomic E-state index is -0.807. The summed E-state index contributed by atoms with van der Waals surface area (Å²) in [5.41, 5.74) is 33.3. The topological polar surface area (TPSA) is 32.8 Å². The first-order valence-electron chi connectivity index (χ1n) is 36.7. The van der Waals surface area contributed by atoms with E-state index in [4.69, 9.17) is 8.83 Å². The number of benzene rings is 13. The fourth-order valence-electron chi connectivity index (χ4n) is 21.2. The lowest BCUT2D eigenvalue weighted by atomic mass is 9.59. The van der Waals surface area contributed by atoms with E-state index in [9.17, 15) is 0 Å². The first-order valence-corrected chi connectivity index (χ1v) is 36.7. The lowest BCUT2D eigenvalue weighted by Gasteiger charge is -2.44. The minimum Gasteiger partial charge on any atom is -0.454 e. The van der Waals surface area contributed by atoms with Crippen LogP contribution < -0.4 is 9.80 Å². The van der Waals surface area contributed by atoms with Gasteiger partial charge in [-0.05, 0) is 229 Å². The summed E-state index contributed by atoms with van der Waals surface area (Å²) in [7, 11) is 0. The molecule has 0 amide bonds. The highest BCUT2D eigenvalue weighted by molar-refractivity contribution is 6.23. The normalized spacial score (nSPS) is 17.8. The number of hydrogen-bond acceptors (Lipinski definition) is 4. The van der Waals surface area contributed by atoms with Gasteiger partial charge in [0.25, 0.3) is 0 Å². The monoisotopic (exact) mass is 1320 g/mol. The van der Waals surface area contributed by atoms with Gasteiger partial charge in [0.1, 0.15) is 11.2 Å². The first-order chi connectivity index (χ1) is 49.2. The van der Waals surface area contributed by atoms with Crippen molar-refractivity contribution in [3.63, 3.8) is 0 Å². The van der Waals surface area contributed by atoms with Crippen LogP contribution in [0.3, 0.4) is 0 Å². The zero-order valence-electron chi connectivity index (χ0n) is 60.1. The molecular weight excluding hydrogens is 1240 g/mol. The van der Waals surface area contributed by atoms with Gasteiger partial charge in [-0.25, -0.2) is 0 Å². The van der Waals surface area contributed by atoms with E-state index in [1.165, 1.54) is 111 Å². The Morgan fingerprint density at radius 3 is 0.912 bits per heavy atom. The number of furan rings is 2. The van der Waals surface area contributed by atoms with E-state index in [0.29, 0.717) is 0 Å². The molecule has 0 aliphatic heterocycles. The molecule has 0 unspecified atom stereocenters. The molecule has 4 nitrogen and oxygen atoms in total. The molecule has 6 aliphatic carbocycles. The molecule has 21 rings (SSSR count). The summed E-state index contributed by atoms with van der Waals surface area (Å²) in [5.74, 6) is 0. The van der Waals surface area contributed by atoms with Crippen molar-refractivity contribution in [3.05, 3.63) is 334 Å². The number of nitrogens with zero attached hydrogens (tertiary/aromatic N) is 2. The van der Waals surface area contributed by atoms with Crippen LogP contribution in [-0.4, -0.2) is 0 Å². The van der Waals surface area contributed by atoms with Gasteiger partial charge in [0.15, 0.2) is 11.2 Å². The Morgan fingerprint density at radius 1 is 0.235 bits per heavy atom. The molecule has 2 spiro atoms. The molecule has 2 heterocycles. The van der Waals surface area contributed by atoms with Crippen LogP contribution in [-0.2, 0) is 32.5 Å². The van der Waals surface area contributed by atoms with Gasteiger partial charge in [0.05, 0.1) is 22.2 Å². The summed E-state index contributed by atoms with van der Waals surface area (Å²) in [6, 6.07) is 102. The van der Waals surface area contributed by atoms with Crippen LogP contribution in [0.15, 0.2) is 276 Å². The van der Waals surface area contributed by atoms with E-state index in [1.807, 2.05) is 0 Å². The first kappa shape index (κ1) is 59.9. The minimum absolute atomic E-state index is 0.0294. The molecule has 0 bridgehead atoms. The second-order valence-electron chi connectivity index (χ2n) is 33.4. The average Bonchev–Trinajstić information content (AvgIpc) is 1.48. The molecule has 494 valence electrons. The highest BCUT2D eigenvalue weighted by atomic mass is 16.3. The second-order valence-corrected chi connectivity index (χ2v) is 33.4. The Labute approximate surface area is 597 Å². The molecule has 0 N–H and O–H groups in total. The summed E-state index contributed by atoms with van der Waals surface area (Å²) in [5, 5.41) is 4.42. The van der Waals surface area contributed by atoms with Crippen LogP contribution >= 0.6 is 0 Å². The number of fused-ring (bicyclic) bond motifs is 30.